The number of halogens is 1. The van der Waals surface area contributed by atoms with Gasteiger partial charge in [0.2, 0.25) is 0 Å². The SMILES string of the molecule is CC[C@H](Oc1ccc(Cl)cc1)C(=O)NCCCc1ccc(C(C)C)cc1. The Morgan fingerprint density at radius 3 is 2.31 bits per heavy atom. The van der Waals surface area contributed by atoms with Crippen LogP contribution in [0.2, 0.25) is 5.02 Å². The fraction of sp³-hybridized carbons (Fsp3) is 0.409. The quantitative estimate of drug-likeness (QED) is 0.600. The molecule has 3 nitrogen and oxygen atoms in total. The number of hydrogen-bond acceptors (Lipinski definition) is 2. The van der Waals surface area contributed by atoms with Crippen molar-refractivity contribution >= 4 is 17.5 Å². The summed E-state index contributed by atoms with van der Waals surface area (Å²) in [7, 11) is 0. The Labute approximate surface area is 161 Å². The zero-order valence-electron chi connectivity index (χ0n) is 15.8. The molecule has 0 aliphatic heterocycles. The molecule has 2 rings (SSSR count). The average molecular weight is 374 g/mol. The fourth-order valence-corrected chi connectivity index (χ4v) is 2.81. The maximum absolute atomic E-state index is 12.3. The molecule has 0 aliphatic carbocycles. The molecule has 0 unspecified atom stereocenters. The van der Waals surface area contributed by atoms with Crippen molar-refractivity contribution in [2.75, 3.05) is 6.54 Å². The van der Waals surface area contributed by atoms with Crippen molar-refractivity contribution < 1.29 is 9.53 Å². The third-order valence-electron chi connectivity index (χ3n) is 4.34. The number of aryl methyl sites for hydroxylation is 1. The van der Waals surface area contributed by atoms with Crippen LogP contribution >= 0.6 is 11.6 Å². The van der Waals surface area contributed by atoms with Gasteiger partial charge in [0, 0.05) is 11.6 Å². The van der Waals surface area contributed by atoms with Crippen LogP contribution in [0.3, 0.4) is 0 Å². The summed E-state index contributed by atoms with van der Waals surface area (Å²) >= 11 is 5.87. The molecule has 0 heterocycles. The molecule has 0 saturated heterocycles. The molecule has 0 spiro atoms. The number of carbonyl (C=O) groups excluding carboxylic acids is 1. The summed E-state index contributed by atoms with van der Waals surface area (Å²) < 4.78 is 5.76. The maximum Gasteiger partial charge on any atom is 0.261 e. The second kappa shape index (κ2) is 10.2. The highest BCUT2D eigenvalue weighted by molar-refractivity contribution is 6.30. The molecular formula is C22H28ClNO2. The van der Waals surface area contributed by atoms with Crippen LogP contribution in [0.4, 0.5) is 0 Å². The van der Waals surface area contributed by atoms with Gasteiger partial charge in [-0.1, -0.05) is 56.6 Å². The second-order valence-corrected chi connectivity index (χ2v) is 7.20. The predicted molar refractivity (Wildman–Crippen MR) is 108 cm³/mol. The first-order valence-corrected chi connectivity index (χ1v) is 9.66. The molecule has 0 aromatic heterocycles. The van der Waals surface area contributed by atoms with Gasteiger partial charge >= 0.3 is 0 Å². The Bertz CT molecular complexity index is 680. The Hall–Kier alpha value is -2.00. The highest BCUT2D eigenvalue weighted by Crippen LogP contribution is 2.18. The van der Waals surface area contributed by atoms with E-state index in [1.165, 1.54) is 11.1 Å². The van der Waals surface area contributed by atoms with Crippen LogP contribution in [-0.2, 0) is 11.2 Å². The van der Waals surface area contributed by atoms with E-state index < -0.39 is 6.10 Å². The molecule has 1 N–H and O–H groups in total. The zero-order valence-corrected chi connectivity index (χ0v) is 16.6. The molecule has 0 fully saturated rings. The molecule has 26 heavy (non-hydrogen) atoms. The van der Waals surface area contributed by atoms with Crippen molar-refractivity contribution in [3.63, 3.8) is 0 Å². The Morgan fingerprint density at radius 2 is 1.73 bits per heavy atom. The Morgan fingerprint density at radius 1 is 1.08 bits per heavy atom. The Balaban J connectivity index is 1.75. The van der Waals surface area contributed by atoms with Crippen molar-refractivity contribution in [1.82, 2.24) is 5.32 Å². The minimum absolute atomic E-state index is 0.0717. The van der Waals surface area contributed by atoms with Crippen molar-refractivity contribution in [2.45, 2.75) is 52.1 Å². The zero-order chi connectivity index (χ0) is 18.9. The highest BCUT2D eigenvalue weighted by Gasteiger charge is 2.17. The lowest BCUT2D eigenvalue weighted by Crippen LogP contribution is -2.38. The summed E-state index contributed by atoms with van der Waals surface area (Å²) in [6.07, 6.45) is 1.99. The summed E-state index contributed by atoms with van der Waals surface area (Å²) in [5, 5.41) is 3.62. The number of benzene rings is 2. The molecule has 0 saturated carbocycles. The van der Waals surface area contributed by atoms with Crippen molar-refractivity contribution in [3.05, 3.63) is 64.7 Å². The molecule has 1 amide bonds. The standard InChI is InChI=1S/C22H28ClNO2/c1-4-21(26-20-13-11-19(23)12-14-20)22(25)24-15-5-6-17-7-9-18(10-8-17)16(2)3/h7-14,16,21H,4-6,15H2,1-3H3,(H,24,25)/t21-/m0/s1. The van der Waals surface area contributed by atoms with Crippen LogP contribution in [-0.4, -0.2) is 18.6 Å². The van der Waals surface area contributed by atoms with E-state index in [2.05, 4.69) is 43.4 Å². The highest BCUT2D eigenvalue weighted by atomic mass is 35.5. The largest absolute Gasteiger partial charge is 0.481 e. The van der Waals surface area contributed by atoms with E-state index in [-0.39, 0.29) is 5.91 Å². The minimum atomic E-state index is -0.485. The lowest BCUT2D eigenvalue weighted by atomic mass is 10.0. The molecule has 2 aromatic rings. The van der Waals surface area contributed by atoms with Gasteiger partial charge in [-0.25, -0.2) is 0 Å². The van der Waals surface area contributed by atoms with E-state index in [0.717, 1.165) is 12.8 Å². The van der Waals surface area contributed by atoms with E-state index in [1.54, 1.807) is 24.3 Å². The fourth-order valence-electron chi connectivity index (χ4n) is 2.69. The first-order valence-electron chi connectivity index (χ1n) is 9.28. The third kappa shape index (κ3) is 6.38. The number of amides is 1. The van der Waals surface area contributed by atoms with Gasteiger partial charge < -0.3 is 10.1 Å². The van der Waals surface area contributed by atoms with Crippen molar-refractivity contribution in [1.29, 1.82) is 0 Å². The lowest BCUT2D eigenvalue weighted by molar-refractivity contribution is -0.128. The number of hydrogen-bond donors (Lipinski definition) is 1. The van der Waals surface area contributed by atoms with E-state index in [4.69, 9.17) is 16.3 Å². The van der Waals surface area contributed by atoms with E-state index in [0.29, 0.717) is 29.7 Å². The van der Waals surface area contributed by atoms with E-state index >= 15 is 0 Å². The second-order valence-electron chi connectivity index (χ2n) is 6.76. The summed E-state index contributed by atoms with van der Waals surface area (Å²) in [5.41, 5.74) is 2.65. The normalized spacial score (nSPS) is 12.0. The molecule has 140 valence electrons. The van der Waals surface area contributed by atoms with Crippen LogP contribution in [0.25, 0.3) is 0 Å². The van der Waals surface area contributed by atoms with Gasteiger partial charge in [0.25, 0.3) is 5.91 Å². The van der Waals surface area contributed by atoms with Gasteiger partial charge in [-0.2, -0.15) is 0 Å². The first-order chi connectivity index (χ1) is 12.5. The first kappa shape index (κ1) is 20.3. The molecular weight excluding hydrogens is 346 g/mol. The van der Waals surface area contributed by atoms with Gasteiger partial charge in [0.1, 0.15) is 5.75 Å². The van der Waals surface area contributed by atoms with Gasteiger partial charge in [-0.15, -0.1) is 0 Å². The van der Waals surface area contributed by atoms with Crippen LogP contribution in [0.5, 0.6) is 5.75 Å². The summed E-state index contributed by atoms with van der Waals surface area (Å²) in [6.45, 7) is 6.98. The van der Waals surface area contributed by atoms with Crippen LogP contribution in [0.15, 0.2) is 48.5 Å². The van der Waals surface area contributed by atoms with Crippen LogP contribution < -0.4 is 10.1 Å². The smallest absolute Gasteiger partial charge is 0.261 e. The number of rotatable bonds is 9. The number of carbonyl (C=O) groups is 1. The topological polar surface area (TPSA) is 38.3 Å². The lowest BCUT2D eigenvalue weighted by Gasteiger charge is -2.17. The van der Waals surface area contributed by atoms with Crippen LogP contribution in [0, 0.1) is 0 Å². The molecule has 0 aliphatic rings. The predicted octanol–water partition coefficient (Wildman–Crippen LogP) is 5.37. The monoisotopic (exact) mass is 373 g/mol. The molecule has 1 atom stereocenters. The van der Waals surface area contributed by atoms with Crippen LogP contribution in [0.1, 0.15) is 50.7 Å². The van der Waals surface area contributed by atoms with Gasteiger partial charge in [0.15, 0.2) is 6.10 Å². The summed E-state index contributed by atoms with van der Waals surface area (Å²) in [4.78, 5) is 12.3. The number of nitrogens with one attached hydrogen (secondary N) is 1. The Kier molecular flexibility index (Phi) is 7.99. The molecule has 4 heteroatoms. The molecule has 2 aromatic carbocycles. The minimum Gasteiger partial charge on any atom is -0.481 e. The summed E-state index contributed by atoms with van der Waals surface area (Å²) in [5.74, 6) is 1.13. The summed E-state index contributed by atoms with van der Waals surface area (Å²) in [6, 6.07) is 15.8. The molecule has 0 bridgehead atoms. The van der Waals surface area contributed by atoms with E-state index in [9.17, 15) is 4.79 Å². The molecule has 0 radical (unpaired) electrons. The van der Waals surface area contributed by atoms with Crippen molar-refractivity contribution in [2.24, 2.45) is 0 Å². The number of ether oxygens (including phenoxy) is 1. The van der Waals surface area contributed by atoms with Gasteiger partial charge in [-0.3, -0.25) is 4.79 Å². The average Bonchev–Trinajstić information content (AvgIpc) is 2.65. The van der Waals surface area contributed by atoms with Gasteiger partial charge in [-0.05, 0) is 60.6 Å². The van der Waals surface area contributed by atoms with Crippen molar-refractivity contribution in [3.8, 4) is 5.75 Å². The van der Waals surface area contributed by atoms with Gasteiger partial charge in [0.05, 0.1) is 0 Å². The maximum atomic E-state index is 12.3. The third-order valence-corrected chi connectivity index (χ3v) is 4.60. The van der Waals surface area contributed by atoms with E-state index in [1.807, 2.05) is 6.92 Å².